The van der Waals surface area contributed by atoms with Crippen LogP contribution in [0.25, 0.3) is 0 Å². The Morgan fingerprint density at radius 3 is 2.94 bits per heavy atom. The number of hydrogen-bond acceptors (Lipinski definition) is 4. The van der Waals surface area contributed by atoms with Gasteiger partial charge in [-0.05, 0) is 39.3 Å². The number of aliphatic hydroxyl groups excluding tert-OH is 1. The molecule has 0 saturated carbocycles. The van der Waals surface area contributed by atoms with Crippen molar-refractivity contribution in [3.63, 3.8) is 0 Å². The summed E-state index contributed by atoms with van der Waals surface area (Å²) in [5.74, 6) is -0.449. The number of aliphatic hydroxyl groups is 1. The minimum absolute atomic E-state index is 0.0682. The summed E-state index contributed by atoms with van der Waals surface area (Å²) < 4.78 is 11.8. The lowest BCUT2D eigenvalue weighted by Gasteiger charge is -2.38. The zero-order chi connectivity index (χ0) is 13.0. The van der Waals surface area contributed by atoms with Crippen LogP contribution in [0, 0.1) is 0 Å². The first-order valence-electron chi connectivity index (χ1n) is 7.33. The molecule has 2 saturated heterocycles. The van der Waals surface area contributed by atoms with Crippen LogP contribution in [0.2, 0.25) is 0 Å². The van der Waals surface area contributed by atoms with E-state index in [9.17, 15) is 0 Å². The summed E-state index contributed by atoms with van der Waals surface area (Å²) >= 11 is 0. The van der Waals surface area contributed by atoms with E-state index in [1.54, 1.807) is 0 Å². The van der Waals surface area contributed by atoms with Crippen LogP contribution in [0.4, 0.5) is 0 Å². The van der Waals surface area contributed by atoms with Crippen LogP contribution in [0.3, 0.4) is 0 Å². The molecule has 3 atom stereocenters. The fourth-order valence-electron chi connectivity index (χ4n) is 3.22. The third-order valence-electron chi connectivity index (χ3n) is 4.20. The van der Waals surface area contributed by atoms with E-state index in [2.05, 4.69) is 11.8 Å². The van der Waals surface area contributed by atoms with Crippen LogP contribution in [-0.2, 0) is 9.47 Å². The van der Waals surface area contributed by atoms with Gasteiger partial charge in [-0.2, -0.15) is 0 Å². The molecular weight excluding hydrogens is 230 g/mol. The van der Waals surface area contributed by atoms with E-state index in [0.717, 1.165) is 13.0 Å². The molecule has 2 aliphatic rings. The van der Waals surface area contributed by atoms with E-state index in [1.165, 1.54) is 25.8 Å². The molecule has 0 amide bonds. The first-order chi connectivity index (χ1) is 8.67. The Labute approximate surface area is 110 Å². The van der Waals surface area contributed by atoms with Crippen LogP contribution in [0.1, 0.15) is 46.0 Å². The summed E-state index contributed by atoms with van der Waals surface area (Å²) in [4.78, 5) is 2.54. The summed E-state index contributed by atoms with van der Waals surface area (Å²) in [6.45, 7) is 7.39. The van der Waals surface area contributed by atoms with E-state index in [1.807, 2.05) is 6.92 Å². The van der Waals surface area contributed by atoms with Crippen molar-refractivity contribution < 1.29 is 14.6 Å². The van der Waals surface area contributed by atoms with Gasteiger partial charge in [0.25, 0.3) is 0 Å². The number of ether oxygens (including phenoxy) is 2. The van der Waals surface area contributed by atoms with Gasteiger partial charge in [0, 0.05) is 19.1 Å². The zero-order valence-electron chi connectivity index (χ0n) is 11.7. The number of likely N-dealkylation sites (tertiary alicyclic amines) is 1. The molecule has 0 aromatic carbocycles. The molecular formula is C14H27NO3. The predicted molar refractivity (Wildman–Crippen MR) is 70.4 cm³/mol. The minimum Gasteiger partial charge on any atom is -0.396 e. The molecule has 4 heteroatoms. The maximum absolute atomic E-state index is 8.95. The topological polar surface area (TPSA) is 41.9 Å². The van der Waals surface area contributed by atoms with Crippen molar-refractivity contribution >= 4 is 0 Å². The van der Waals surface area contributed by atoms with Crippen molar-refractivity contribution in [3.8, 4) is 0 Å². The molecule has 2 aliphatic heterocycles. The van der Waals surface area contributed by atoms with E-state index in [-0.39, 0.29) is 12.7 Å². The molecule has 106 valence electrons. The Balaban J connectivity index is 1.87. The Morgan fingerprint density at radius 2 is 2.22 bits per heavy atom. The highest BCUT2D eigenvalue weighted by Gasteiger charge is 2.40. The van der Waals surface area contributed by atoms with Crippen LogP contribution >= 0.6 is 0 Å². The highest BCUT2D eigenvalue weighted by atomic mass is 16.7. The second kappa shape index (κ2) is 6.33. The van der Waals surface area contributed by atoms with Gasteiger partial charge in [-0.25, -0.2) is 0 Å². The molecule has 0 aromatic heterocycles. The molecule has 2 heterocycles. The van der Waals surface area contributed by atoms with Gasteiger partial charge in [-0.3, -0.25) is 0 Å². The van der Waals surface area contributed by atoms with Crippen molar-refractivity contribution in [2.75, 3.05) is 26.3 Å². The lowest BCUT2D eigenvalue weighted by Crippen LogP contribution is -2.44. The maximum Gasteiger partial charge on any atom is 0.167 e. The maximum atomic E-state index is 8.95. The van der Waals surface area contributed by atoms with Gasteiger partial charge in [-0.15, -0.1) is 0 Å². The summed E-state index contributed by atoms with van der Waals surface area (Å²) in [5.41, 5.74) is 0. The SMILES string of the molecule is CCN1CCCCC1CC1(C)OCC(CCO)O1. The van der Waals surface area contributed by atoms with Gasteiger partial charge in [0.05, 0.1) is 12.7 Å². The fraction of sp³-hybridized carbons (Fsp3) is 1.00. The summed E-state index contributed by atoms with van der Waals surface area (Å²) in [5, 5.41) is 8.95. The molecule has 0 aromatic rings. The lowest BCUT2D eigenvalue weighted by atomic mass is 9.96. The highest BCUT2D eigenvalue weighted by Crippen LogP contribution is 2.33. The van der Waals surface area contributed by atoms with Gasteiger partial charge in [0.1, 0.15) is 0 Å². The van der Waals surface area contributed by atoms with Crippen LogP contribution < -0.4 is 0 Å². The molecule has 1 N–H and O–H groups in total. The molecule has 18 heavy (non-hydrogen) atoms. The largest absolute Gasteiger partial charge is 0.396 e. The van der Waals surface area contributed by atoms with Crippen LogP contribution in [0.5, 0.6) is 0 Å². The molecule has 0 radical (unpaired) electrons. The van der Waals surface area contributed by atoms with Gasteiger partial charge < -0.3 is 19.5 Å². The molecule has 0 spiro atoms. The van der Waals surface area contributed by atoms with Crippen molar-refractivity contribution in [2.45, 2.75) is 63.9 Å². The van der Waals surface area contributed by atoms with Gasteiger partial charge in [0.2, 0.25) is 0 Å². The number of nitrogens with zero attached hydrogens (tertiary/aromatic N) is 1. The van der Waals surface area contributed by atoms with Gasteiger partial charge >= 0.3 is 0 Å². The summed E-state index contributed by atoms with van der Waals surface area (Å²) in [7, 11) is 0. The third-order valence-corrected chi connectivity index (χ3v) is 4.20. The minimum atomic E-state index is -0.449. The molecule has 3 unspecified atom stereocenters. The van der Waals surface area contributed by atoms with Gasteiger partial charge in [0.15, 0.2) is 5.79 Å². The molecule has 4 nitrogen and oxygen atoms in total. The van der Waals surface area contributed by atoms with E-state index >= 15 is 0 Å². The van der Waals surface area contributed by atoms with Crippen LogP contribution in [-0.4, -0.2) is 54.2 Å². The molecule has 0 bridgehead atoms. The first-order valence-corrected chi connectivity index (χ1v) is 7.33. The second-order valence-electron chi connectivity index (χ2n) is 5.68. The highest BCUT2D eigenvalue weighted by molar-refractivity contribution is 4.84. The summed E-state index contributed by atoms with van der Waals surface area (Å²) in [6.07, 6.45) is 5.58. The zero-order valence-corrected chi connectivity index (χ0v) is 11.7. The molecule has 2 rings (SSSR count). The lowest BCUT2D eigenvalue weighted by molar-refractivity contribution is -0.171. The summed E-state index contributed by atoms with van der Waals surface area (Å²) in [6, 6.07) is 0.585. The molecule has 0 aliphatic carbocycles. The Hall–Kier alpha value is -0.160. The average molecular weight is 257 g/mol. The fourth-order valence-corrected chi connectivity index (χ4v) is 3.22. The number of piperidine rings is 1. The van der Waals surface area contributed by atoms with Crippen molar-refractivity contribution in [3.05, 3.63) is 0 Å². The van der Waals surface area contributed by atoms with Crippen molar-refractivity contribution in [1.82, 2.24) is 4.90 Å². The average Bonchev–Trinajstić information content (AvgIpc) is 2.72. The van der Waals surface area contributed by atoms with E-state index < -0.39 is 5.79 Å². The van der Waals surface area contributed by atoms with Crippen molar-refractivity contribution in [1.29, 1.82) is 0 Å². The monoisotopic (exact) mass is 257 g/mol. The van der Waals surface area contributed by atoms with Gasteiger partial charge in [-0.1, -0.05) is 13.3 Å². The number of rotatable bonds is 5. The Kier molecular flexibility index (Phi) is 5.01. The predicted octanol–water partition coefficient (Wildman–Crippen LogP) is 1.76. The van der Waals surface area contributed by atoms with E-state index in [4.69, 9.17) is 14.6 Å². The molecule has 2 fully saturated rings. The second-order valence-corrected chi connectivity index (χ2v) is 5.68. The Morgan fingerprint density at radius 1 is 1.39 bits per heavy atom. The number of hydrogen-bond donors (Lipinski definition) is 1. The standard InChI is InChI=1S/C14H27NO3/c1-3-15-8-5-4-6-12(15)10-14(2)17-11-13(18-14)7-9-16/h12-13,16H,3-11H2,1-2H3. The van der Waals surface area contributed by atoms with E-state index in [0.29, 0.717) is 19.1 Å². The third kappa shape index (κ3) is 3.44. The first kappa shape index (κ1) is 14.3. The normalized spacial score (nSPS) is 38.2. The van der Waals surface area contributed by atoms with Crippen molar-refractivity contribution in [2.24, 2.45) is 0 Å². The van der Waals surface area contributed by atoms with Crippen LogP contribution in [0.15, 0.2) is 0 Å². The smallest absolute Gasteiger partial charge is 0.167 e. The Bertz CT molecular complexity index is 261. The quantitative estimate of drug-likeness (QED) is 0.815.